The number of hydrogen-bond donors (Lipinski definition) is 1. The Morgan fingerprint density at radius 3 is 2.77 bits per heavy atom. The molecular weight excluding hydrogens is 389 g/mol. The van der Waals surface area contributed by atoms with Gasteiger partial charge in [0.15, 0.2) is 5.89 Å². The number of aromatic nitrogens is 4. The van der Waals surface area contributed by atoms with Crippen LogP contribution in [0.1, 0.15) is 53.3 Å². The fourth-order valence-electron chi connectivity index (χ4n) is 3.70. The van der Waals surface area contributed by atoms with Gasteiger partial charge in [-0.15, -0.1) is 0 Å². The van der Waals surface area contributed by atoms with E-state index in [0.29, 0.717) is 56.2 Å². The Labute approximate surface area is 172 Å². The summed E-state index contributed by atoms with van der Waals surface area (Å²) in [5, 5.41) is 7.46. The zero-order chi connectivity index (χ0) is 21.3. The summed E-state index contributed by atoms with van der Waals surface area (Å²) in [6.07, 6.45) is 2.50. The van der Waals surface area contributed by atoms with Crippen molar-refractivity contribution in [1.82, 2.24) is 24.6 Å². The van der Waals surface area contributed by atoms with Gasteiger partial charge in [0.25, 0.3) is 5.91 Å². The van der Waals surface area contributed by atoms with Gasteiger partial charge in [-0.05, 0) is 37.5 Å². The van der Waals surface area contributed by atoms with Crippen LogP contribution in [0.4, 0.5) is 4.39 Å². The number of amides is 1. The van der Waals surface area contributed by atoms with Crippen LogP contribution in [0.5, 0.6) is 0 Å². The van der Waals surface area contributed by atoms with Crippen molar-refractivity contribution >= 4 is 5.91 Å². The van der Waals surface area contributed by atoms with Crippen molar-refractivity contribution in [1.29, 1.82) is 0 Å². The molecule has 0 spiro atoms. The third-order valence-electron chi connectivity index (χ3n) is 5.35. The van der Waals surface area contributed by atoms with Crippen LogP contribution < -0.4 is 11.0 Å². The molecule has 2 aromatic heterocycles. The number of hydrogen-bond acceptors (Lipinski definition) is 5. The standard InChI is InChI=1S/C21H24FN5O3/c1-3-18-23-13(2)19(30-18)20(28)24-16-8-9-17-25-27(21(29)26(17)11-10-16)12-14-4-6-15(22)7-5-14/h4-7,16H,3,8-12H2,1-2H3,(H,24,28). The zero-order valence-electron chi connectivity index (χ0n) is 17.0. The van der Waals surface area contributed by atoms with Crippen LogP contribution in [-0.2, 0) is 25.9 Å². The molecule has 8 nitrogen and oxygen atoms in total. The second kappa shape index (κ2) is 8.25. The van der Waals surface area contributed by atoms with Gasteiger partial charge in [0.05, 0.1) is 12.2 Å². The number of nitrogens with zero attached hydrogens (tertiary/aromatic N) is 4. The number of benzene rings is 1. The van der Waals surface area contributed by atoms with Gasteiger partial charge in [-0.25, -0.2) is 18.9 Å². The summed E-state index contributed by atoms with van der Waals surface area (Å²) in [5.74, 6) is 0.892. The Bertz CT molecular complexity index is 1110. The Morgan fingerprint density at radius 1 is 1.30 bits per heavy atom. The minimum Gasteiger partial charge on any atom is -0.435 e. The first-order chi connectivity index (χ1) is 14.4. The van der Waals surface area contributed by atoms with Gasteiger partial charge in [0, 0.05) is 25.4 Å². The maximum Gasteiger partial charge on any atom is 0.346 e. The molecule has 1 N–H and O–H groups in total. The molecule has 0 radical (unpaired) electrons. The van der Waals surface area contributed by atoms with Gasteiger partial charge < -0.3 is 9.73 Å². The van der Waals surface area contributed by atoms with Gasteiger partial charge in [0.1, 0.15) is 11.6 Å². The smallest absolute Gasteiger partial charge is 0.346 e. The SMILES string of the molecule is CCc1nc(C)c(C(=O)NC2CCc3nn(Cc4ccc(F)cc4)c(=O)n3CC2)o1. The second-order valence-corrected chi connectivity index (χ2v) is 7.51. The highest BCUT2D eigenvalue weighted by Crippen LogP contribution is 2.15. The van der Waals surface area contributed by atoms with Crippen LogP contribution in [-0.4, -0.2) is 31.3 Å². The highest BCUT2D eigenvalue weighted by molar-refractivity contribution is 5.92. The van der Waals surface area contributed by atoms with E-state index in [1.807, 2.05) is 6.92 Å². The molecule has 9 heteroatoms. The van der Waals surface area contributed by atoms with E-state index < -0.39 is 0 Å². The molecule has 0 saturated carbocycles. The molecule has 1 aliphatic heterocycles. The Balaban J connectivity index is 1.42. The number of carbonyl (C=O) groups excluding carboxylic acids is 1. The first kappa shape index (κ1) is 20.1. The lowest BCUT2D eigenvalue weighted by atomic mass is 10.1. The first-order valence-corrected chi connectivity index (χ1v) is 10.1. The van der Waals surface area contributed by atoms with Gasteiger partial charge in [0.2, 0.25) is 5.76 Å². The summed E-state index contributed by atoms with van der Waals surface area (Å²) in [7, 11) is 0. The normalized spacial score (nSPS) is 16.2. The summed E-state index contributed by atoms with van der Waals surface area (Å²) in [6, 6.07) is 5.95. The van der Waals surface area contributed by atoms with Crippen LogP contribution in [0.3, 0.4) is 0 Å². The van der Waals surface area contributed by atoms with E-state index in [2.05, 4.69) is 15.4 Å². The zero-order valence-corrected chi connectivity index (χ0v) is 17.0. The minimum atomic E-state index is -0.314. The van der Waals surface area contributed by atoms with Crippen molar-refractivity contribution in [2.45, 2.75) is 58.7 Å². The summed E-state index contributed by atoms with van der Waals surface area (Å²) in [4.78, 5) is 29.6. The molecule has 3 aromatic rings. The molecule has 1 aliphatic rings. The van der Waals surface area contributed by atoms with Crippen molar-refractivity contribution in [3.8, 4) is 0 Å². The van der Waals surface area contributed by atoms with Crippen LogP contribution in [0.2, 0.25) is 0 Å². The summed E-state index contributed by atoms with van der Waals surface area (Å²) < 4.78 is 21.7. The van der Waals surface area contributed by atoms with Gasteiger partial charge in [-0.1, -0.05) is 19.1 Å². The molecule has 0 fully saturated rings. The fraction of sp³-hybridized carbons (Fsp3) is 0.429. The van der Waals surface area contributed by atoms with Gasteiger partial charge in [-0.3, -0.25) is 9.36 Å². The fourth-order valence-corrected chi connectivity index (χ4v) is 3.70. The lowest BCUT2D eigenvalue weighted by molar-refractivity contribution is 0.0902. The molecule has 4 rings (SSSR count). The molecule has 0 bridgehead atoms. The van der Waals surface area contributed by atoms with E-state index in [9.17, 15) is 14.0 Å². The quantitative estimate of drug-likeness (QED) is 0.692. The summed E-state index contributed by atoms with van der Waals surface area (Å²) >= 11 is 0. The molecule has 1 atom stereocenters. The Hall–Kier alpha value is -3.23. The lowest BCUT2D eigenvalue weighted by Crippen LogP contribution is -2.36. The Kier molecular flexibility index (Phi) is 5.52. The maximum atomic E-state index is 13.1. The first-order valence-electron chi connectivity index (χ1n) is 10.1. The van der Waals surface area contributed by atoms with E-state index in [4.69, 9.17) is 4.42 Å². The van der Waals surface area contributed by atoms with Crippen molar-refractivity contribution in [3.05, 3.63) is 69.3 Å². The molecule has 0 saturated heterocycles. The third kappa shape index (κ3) is 4.05. The number of nitrogens with one attached hydrogen (secondary N) is 1. The van der Waals surface area contributed by atoms with Crippen LogP contribution in [0, 0.1) is 12.7 Å². The molecule has 1 unspecified atom stereocenters. The van der Waals surface area contributed by atoms with Crippen molar-refractivity contribution < 1.29 is 13.6 Å². The van der Waals surface area contributed by atoms with E-state index in [0.717, 1.165) is 5.56 Å². The topological polar surface area (TPSA) is 95.0 Å². The number of fused-ring (bicyclic) bond motifs is 1. The maximum absolute atomic E-state index is 13.1. The number of halogens is 1. The number of carbonyl (C=O) groups is 1. The highest BCUT2D eigenvalue weighted by Gasteiger charge is 2.24. The third-order valence-corrected chi connectivity index (χ3v) is 5.35. The molecule has 30 heavy (non-hydrogen) atoms. The predicted octanol–water partition coefficient (Wildman–Crippen LogP) is 2.23. The second-order valence-electron chi connectivity index (χ2n) is 7.51. The van der Waals surface area contributed by atoms with E-state index in [1.54, 1.807) is 23.6 Å². The highest BCUT2D eigenvalue weighted by atomic mass is 19.1. The average Bonchev–Trinajstić information content (AvgIpc) is 3.18. The molecule has 1 aromatic carbocycles. The lowest BCUT2D eigenvalue weighted by Gasteiger charge is -2.15. The monoisotopic (exact) mass is 413 g/mol. The Morgan fingerprint density at radius 2 is 2.07 bits per heavy atom. The van der Waals surface area contributed by atoms with Crippen LogP contribution in [0.25, 0.3) is 0 Å². The molecule has 0 aliphatic carbocycles. The molecule has 3 heterocycles. The van der Waals surface area contributed by atoms with Crippen molar-refractivity contribution in [2.75, 3.05) is 0 Å². The molecule has 1 amide bonds. The number of oxazole rings is 1. The molecule has 158 valence electrons. The average molecular weight is 413 g/mol. The summed E-state index contributed by atoms with van der Waals surface area (Å²) in [5.41, 5.74) is 1.19. The predicted molar refractivity (Wildman–Crippen MR) is 107 cm³/mol. The van der Waals surface area contributed by atoms with E-state index >= 15 is 0 Å². The van der Waals surface area contributed by atoms with E-state index in [1.165, 1.54) is 16.8 Å². The van der Waals surface area contributed by atoms with Gasteiger partial charge >= 0.3 is 5.69 Å². The number of rotatable bonds is 5. The van der Waals surface area contributed by atoms with Crippen molar-refractivity contribution in [3.63, 3.8) is 0 Å². The summed E-state index contributed by atoms with van der Waals surface area (Å²) in [6.45, 7) is 4.44. The number of aryl methyl sites for hydroxylation is 3. The van der Waals surface area contributed by atoms with Crippen LogP contribution in [0.15, 0.2) is 33.5 Å². The van der Waals surface area contributed by atoms with Crippen LogP contribution >= 0.6 is 0 Å². The molecular formula is C21H24FN5O3. The minimum absolute atomic E-state index is 0.0845. The largest absolute Gasteiger partial charge is 0.435 e. The van der Waals surface area contributed by atoms with Gasteiger partial charge in [-0.2, -0.15) is 5.10 Å². The van der Waals surface area contributed by atoms with E-state index in [-0.39, 0.29) is 29.2 Å². The van der Waals surface area contributed by atoms with Crippen molar-refractivity contribution in [2.24, 2.45) is 0 Å².